The number of H-pyrrole nitrogens is 1. The summed E-state index contributed by atoms with van der Waals surface area (Å²) in [6, 6.07) is 0. The zero-order valence-corrected chi connectivity index (χ0v) is 11.4. The molecular formula is C12H22N4O. The summed E-state index contributed by atoms with van der Waals surface area (Å²) in [4.78, 5) is 16.1. The molecule has 5 nitrogen and oxygen atoms in total. The van der Waals surface area contributed by atoms with Gasteiger partial charge in [0.2, 0.25) is 0 Å². The Labute approximate surface area is 103 Å². The lowest BCUT2D eigenvalue weighted by molar-refractivity contribution is 0.0789. The summed E-state index contributed by atoms with van der Waals surface area (Å²) >= 11 is 0. The van der Waals surface area contributed by atoms with E-state index in [0.717, 1.165) is 30.9 Å². The Balaban J connectivity index is 2.58. The number of nitrogens with one attached hydrogen (secondary N) is 1. The van der Waals surface area contributed by atoms with Crippen molar-refractivity contribution >= 4 is 5.91 Å². The smallest absolute Gasteiger partial charge is 0.257 e. The first-order valence-corrected chi connectivity index (χ1v) is 5.85. The van der Waals surface area contributed by atoms with E-state index in [2.05, 4.69) is 15.1 Å². The van der Waals surface area contributed by atoms with E-state index in [1.165, 1.54) is 0 Å². The Morgan fingerprint density at radius 2 is 1.88 bits per heavy atom. The molecule has 0 spiro atoms. The third kappa shape index (κ3) is 3.56. The van der Waals surface area contributed by atoms with Crippen LogP contribution in [-0.4, -0.2) is 60.1 Å². The van der Waals surface area contributed by atoms with Crippen LogP contribution in [-0.2, 0) is 0 Å². The molecule has 1 amide bonds. The van der Waals surface area contributed by atoms with Crippen molar-refractivity contribution in [2.75, 3.05) is 34.2 Å². The number of carbonyl (C=O) groups is 1. The van der Waals surface area contributed by atoms with Gasteiger partial charge in [-0.25, -0.2) is 0 Å². The predicted octanol–water partition coefficient (Wildman–Crippen LogP) is 1.05. The van der Waals surface area contributed by atoms with Crippen LogP contribution in [0.3, 0.4) is 0 Å². The summed E-state index contributed by atoms with van der Waals surface area (Å²) in [5, 5.41) is 6.89. The predicted molar refractivity (Wildman–Crippen MR) is 68.2 cm³/mol. The maximum absolute atomic E-state index is 12.2. The first kappa shape index (κ1) is 13.7. The summed E-state index contributed by atoms with van der Waals surface area (Å²) in [6.07, 6.45) is 0.977. The molecule has 0 atom stereocenters. The minimum absolute atomic E-state index is 0.0486. The van der Waals surface area contributed by atoms with Crippen LogP contribution in [0, 0.1) is 13.8 Å². The van der Waals surface area contributed by atoms with Gasteiger partial charge in [0.05, 0.1) is 11.3 Å². The molecule has 1 N–H and O–H groups in total. The molecular weight excluding hydrogens is 216 g/mol. The molecule has 0 aliphatic heterocycles. The lowest BCUT2D eigenvalue weighted by Gasteiger charge is -2.18. The van der Waals surface area contributed by atoms with E-state index >= 15 is 0 Å². The quantitative estimate of drug-likeness (QED) is 0.834. The number of aromatic nitrogens is 2. The molecule has 0 saturated carbocycles. The van der Waals surface area contributed by atoms with E-state index in [-0.39, 0.29) is 5.91 Å². The van der Waals surface area contributed by atoms with Crippen LogP contribution in [0.25, 0.3) is 0 Å². The van der Waals surface area contributed by atoms with Crippen molar-refractivity contribution in [1.29, 1.82) is 0 Å². The molecule has 96 valence electrons. The molecule has 1 aromatic rings. The Kier molecular flexibility index (Phi) is 4.69. The SMILES string of the molecule is Cc1n[nH]c(C)c1C(=O)N(C)CCCN(C)C. The van der Waals surface area contributed by atoms with E-state index < -0.39 is 0 Å². The first-order valence-electron chi connectivity index (χ1n) is 5.85. The van der Waals surface area contributed by atoms with Crippen molar-refractivity contribution in [3.05, 3.63) is 17.0 Å². The highest BCUT2D eigenvalue weighted by Crippen LogP contribution is 2.11. The van der Waals surface area contributed by atoms with Gasteiger partial charge in [0.15, 0.2) is 0 Å². The maximum Gasteiger partial charge on any atom is 0.257 e. The van der Waals surface area contributed by atoms with Gasteiger partial charge in [0.25, 0.3) is 5.91 Å². The molecule has 0 aliphatic carbocycles. The monoisotopic (exact) mass is 238 g/mol. The summed E-state index contributed by atoms with van der Waals surface area (Å²) in [5.41, 5.74) is 2.32. The molecule has 0 unspecified atom stereocenters. The fraction of sp³-hybridized carbons (Fsp3) is 0.667. The topological polar surface area (TPSA) is 52.2 Å². The fourth-order valence-electron chi connectivity index (χ4n) is 1.78. The highest BCUT2D eigenvalue weighted by atomic mass is 16.2. The molecule has 1 rings (SSSR count). The molecule has 0 radical (unpaired) electrons. The zero-order chi connectivity index (χ0) is 13.0. The van der Waals surface area contributed by atoms with Crippen LogP contribution in [0.2, 0.25) is 0 Å². The average molecular weight is 238 g/mol. The van der Waals surface area contributed by atoms with Gasteiger partial charge in [-0.05, 0) is 40.9 Å². The van der Waals surface area contributed by atoms with Gasteiger partial charge in [-0.2, -0.15) is 5.10 Å². The number of aromatic amines is 1. The molecule has 17 heavy (non-hydrogen) atoms. The normalized spacial score (nSPS) is 10.9. The number of rotatable bonds is 5. The Hall–Kier alpha value is -1.36. The van der Waals surface area contributed by atoms with Gasteiger partial charge in [-0.15, -0.1) is 0 Å². The summed E-state index contributed by atoms with van der Waals surface area (Å²) in [7, 11) is 5.91. The standard InChI is InChI=1S/C12H22N4O/c1-9-11(10(2)14-13-9)12(17)16(5)8-6-7-15(3)4/h6-8H2,1-5H3,(H,13,14). The molecule has 0 bridgehead atoms. The molecule has 0 saturated heterocycles. The number of amides is 1. The van der Waals surface area contributed by atoms with Crippen LogP contribution in [0.5, 0.6) is 0 Å². The van der Waals surface area contributed by atoms with Crippen LogP contribution < -0.4 is 0 Å². The summed E-state index contributed by atoms with van der Waals surface area (Å²) in [5.74, 6) is 0.0486. The van der Waals surface area contributed by atoms with Crippen molar-refractivity contribution in [2.45, 2.75) is 20.3 Å². The van der Waals surface area contributed by atoms with Crippen LogP contribution in [0.4, 0.5) is 0 Å². The van der Waals surface area contributed by atoms with Crippen molar-refractivity contribution in [2.24, 2.45) is 0 Å². The highest BCUT2D eigenvalue weighted by molar-refractivity contribution is 5.96. The minimum atomic E-state index is 0.0486. The number of hydrogen-bond acceptors (Lipinski definition) is 3. The fourth-order valence-corrected chi connectivity index (χ4v) is 1.78. The third-order valence-electron chi connectivity index (χ3n) is 2.79. The van der Waals surface area contributed by atoms with Gasteiger partial charge in [0.1, 0.15) is 0 Å². The molecule has 0 fully saturated rings. The van der Waals surface area contributed by atoms with Gasteiger partial charge >= 0.3 is 0 Å². The Bertz CT molecular complexity index is 364. The van der Waals surface area contributed by atoms with Gasteiger partial charge < -0.3 is 9.80 Å². The van der Waals surface area contributed by atoms with E-state index in [4.69, 9.17) is 0 Å². The van der Waals surface area contributed by atoms with Crippen molar-refractivity contribution in [3.63, 3.8) is 0 Å². The van der Waals surface area contributed by atoms with E-state index in [1.807, 2.05) is 35.0 Å². The van der Waals surface area contributed by atoms with Crippen LogP contribution in [0.15, 0.2) is 0 Å². The average Bonchev–Trinajstić information content (AvgIpc) is 2.57. The van der Waals surface area contributed by atoms with Gasteiger partial charge in [-0.1, -0.05) is 0 Å². The first-order chi connectivity index (χ1) is 7.93. The molecule has 1 heterocycles. The number of nitrogens with zero attached hydrogens (tertiary/aromatic N) is 3. The zero-order valence-electron chi connectivity index (χ0n) is 11.4. The Morgan fingerprint density at radius 3 is 2.35 bits per heavy atom. The Morgan fingerprint density at radius 1 is 1.24 bits per heavy atom. The van der Waals surface area contributed by atoms with Crippen LogP contribution >= 0.6 is 0 Å². The minimum Gasteiger partial charge on any atom is -0.342 e. The second-order valence-corrected chi connectivity index (χ2v) is 4.69. The second-order valence-electron chi connectivity index (χ2n) is 4.69. The molecule has 0 aromatic carbocycles. The molecule has 5 heteroatoms. The van der Waals surface area contributed by atoms with E-state index in [0.29, 0.717) is 5.56 Å². The number of hydrogen-bond donors (Lipinski definition) is 1. The van der Waals surface area contributed by atoms with Crippen molar-refractivity contribution in [1.82, 2.24) is 20.0 Å². The number of aryl methyl sites for hydroxylation is 2. The van der Waals surface area contributed by atoms with Crippen molar-refractivity contribution < 1.29 is 4.79 Å². The van der Waals surface area contributed by atoms with Gasteiger partial charge in [0, 0.05) is 19.3 Å². The number of carbonyl (C=O) groups excluding carboxylic acids is 1. The van der Waals surface area contributed by atoms with E-state index in [1.54, 1.807) is 4.90 Å². The molecule has 1 aromatic heterocycles. The largest absolute Gasteiger partial charge is 0.342 e. The second kappa shape index (κ2) is 5.82. The highest BCUT2D eigenvalue weighted by Gasteiger charge is 2.18. The van der Waals surface area contributed by atoms with Gasteiger partial charge in [-0.3, -0.25) is 9.89 Å². The summed E-state index contributed by atoms with van der Waals surface area (Å²) < 4.78 is 0. The molecule has 0 aliphatic rings. The third-order valence-corrected chi connectivity index (χ3v) is 2.79. The van der Waals surface area contributed by atoms with Crippen LogP contribution in [0.1, 0.15) is 28.2 Å². The lowest BCUT2D eigenvalue weighted by atomic mass is 10.1. The van der Waals surface area contributed by atoms with Crippen molar-refractivity contribution in [3.8, 4) is 0 Å². The maximum atomic E-state index is 12.2. The van der Waals surface area contributed by atoms with E-state index in [9.17, 15) is 4.79 Å². The summed E-state index contributed by atoms with van der Waals surface area (Å²) in [6.45, 7) is 5.48. The lowest BCUT2D eigenvalue weighted by Crippen LogP contribution is -2.30.